The number of rotatable bonds is 5. The van der Waals surface area contributed by atoms with E-state index in [-0.39, 0.29) is 36.6 Å². The van der Waals surface area contributed by atoms with E-state index in [0.717, 1.165) is 31.2 Å². The summed E-state index contributed by atoms with van der Waals surface area (Å²) in [4.78, 5) is 40.3. The highest BCUT2D eigenvalue weighted by Crippen LogP contribution is 2.27. The molecule has 3 amide bonds. The van der Waals surface area contributed by atoms with E-state index in [1.54, 1.807) is 20.0 Å². The van der Waals surface area contributed by atoms with Crippen molar-refractivity contribution in [1.82, 2.24) is 25.3 Å². The molecular formula is C23H28ClN5O3. The molecule has 1 aliphatic heterocycles. The van der Waals surface area contributed by atoms with E-state index in [1.807, 2.05) is 18.2 Å². The van der Waals surface area contributed by atoms with Crippen molar-refractivity contribution in [1.29, 1.82) is 0 Å². The van der Waals surface area contributed by atoms with Crippen LogP contribution in [0.15, 0.2) is 30.3 Å². The van der Waals surface area contributed by atoms with Crippen molar-refractivity contribution in [3.63, 3.8) is 0 Å². The van der Waals surface area contributed by atoms with Crippen molar-refractivity contribution in [2.75, 3.05) is 7.05 Å². The lowest BCUT2D eigenvalue weighted by molar-refractivity contribution is -0.133. The summed E-state index contributed by atoms with van der Waals surface area (Å²) in [6.07, 6.45) is 5.32. The summed E-state index contributed by atoms with van der Waals surface area (Å²) in [6, 6.07) is 8.86. The second-order valence-electron chi connectivity index (χ2n) is 8.79. The molecule has 32 heavy (non-hydrogen) atoms. The molecule has 4 rings (SSSR count). The standard InChI is InChI=1S/C23H28ClN5O3/c1-23(22(32)26-16-9-4-3-5-10-16)14-29-19(21(31)28(23)2)12-18(27-29)20(30)25-13-15-8-6-7-11-17(15)24/h6-8,11-12,16H,3-5,9-10,13-14H2,1-2H3,(H,25,30)(H,26,32)/t23-/m1/s1. The van der Waals surface area contributed by atoms with Gasteiger partial charge in [-0.1, -0.05) is 49.1 Å². The Morgan fingerprint density at radius 3 is 2.66 bits per heavy atom. The van der Waals surface area contributed by atoms with Gasteiger partial charge < -0.3 is 15.5 Å². The van der Waals surface area contributed by atoms with Crippen LogP contribution in [0.4, 0.5) is 0 Å². The van der Waals surface area contributed by atoms with Gasteiger partial charge in [0.15, 0.2) is 5.69 Å². The van der Waals surface area contributed by atoms with Gasteiger partial charge in [-0.05, 0) is 31.4 Å². The quantitative estimate of drug-likeness (QED) is 0.721. The lowest BCUT2D eigenvalue weighted by Gasteiger charge is -2.41. The number of carbonyl (C=O) groups excluding carboxylic acids is 3. The zero-order chi connectivity index (χ0) is 22.9. The maximum atomic E-state index is 13.1. The van der Waals surface area contributed by atoms with Gasteiger partial charge in [-0.2, -0.15) is 5.10 Å². The minimum atomic E-state index is -1.08. The number of amides is 3. The van der Waals surface area contributed by atoms with Crippen molar-refractivity contribution in [2.45, 2.75) is 63.7 Å². The highest BCUT2D eigenvalue weighted by Gasteiger charge is 2.46. The maximum absolute atomic E-state index is 13.1. The largest absolute Gasteiger partial charge is 0.351 e. The molecule has 1 fully saturated rings. The number of benzene rings is 1. The molecule has 2 aromatic rings. The Morgan fingerprint density at radius 2 is 1.94 bits per heavy atom. The van der Waals surface area contributed by atoms with Crippen LogP contribution in [-0.4, -0.2) is 51.0 Å². The minimum absolute atomic E-state index is 0.130. The maximum Gasteiger partial charge on any atom is 0.272 e. The lowest BCUT2D eigenvalue weighted by Crippen LogP contribution is -2.63. The van der Waals surface area contributed by atoms with E-state index in [4.69, 9.17) is 11.6 Å². The molecule has 170 valence electrons. The number of halogens is 1. The number of hydrogen-bond acceptors (Lipinski definition) is 4. The SMILES string of the molecule is CN1C(=O)c2cc(C(=O)NCc3ccccc3Cl)nn2C[C@]1(C)C(=O)NC1CCCCC1. The summed E-state index contributed by atoms with van der Waals surface area (Å²) < 4.78 is 1.47. The number of carbonyl (C=O) groups is 3. The van der Waals surface area contributed by atoms with Crippen LogP contribution in [0.25, 0.3) is 0 Å². The second-order valence-corrected chi connectivity index (χ2v) is 9.20. The highest BCUT2D eigenvalue weighted by atomic mass is 35.5. The summed E-state index contributed by atoms with van der Waals surface area (Å²) in [5, 5.41) is 10.8. The lowest BCUT2D eigenvalue weighted by atomic mass is 9.92. The molecule has 0 saturated heterocycles. The monoisotopic (exact) mass is 457 g/mol. The van der Waals surface area contributed by atoms with Gasteiger partial charge in [0.1, 0.15) is 11.2 Å². The summed E-state index contributed by atoms with van der Waals surface area (Å²) in [6.45, 7) is 2.17. The van der Waals surface area contributed by atoms with Gasteiger partial charge in [0.05, 0.1) is 6.54 Å². The van der Waals surface area contributed by atoms with Gasteiger partial charge >= 0.3 is 0 Å². The molecule has 2 aliphatic rings. The van der Waals surface area contributed by atoms with Gasteiger partial charge in [-0.25, -0.2) is 0 Å². The molecule has 0 radical (unpaired) electrons. The molecule has 2 N–H and O–H groups in total. The first kappa shape index (κ1) is 22.3. The van der Waals surface area contributed by atoms with Crippen LogP contribution in [0, 0.1) is 0 Å². The van der Waals surface area contributed by atoms with Crippen LogP contribution >= 0.6 is 11.6 Å². The van der Waals surface area contributed by atoms with Crippen LogP contribution in [-0.2, 0) is 17.9 Å². The predicted molar refractivity (Wildman–Crippen MR) is 120 cm³/mol. The molecule has 9 heteroatoms. The summed E-state index contributed by atoms with van der Waals surface area (Å²) >= 11 is 6.14. The Bertz CT molecular complexity index is 1050. The molecule has 1 saturated carbocycles. The fraction of sp³-hybridized carbons (Fsp3) is 0.478. The Labute approximate surface area is 192 Å². The fourth-order valence-electron chi connectivity index (χ4n) is 4.33. The smallest absolute Gasteiger partial charge is 0.272 e. The van der Waals surface area contributed by atoms with E-state index < -0.39 is 11.4 Å². The number of fused-ring (bicyclic) bond motifs is 1. The molecule has 1 aromatic heterocycles. The van der Waals surface area contributed by atoms with E-state index in [2.05, 4.69) is 15.7 Å². The molecule has 0 bridgehead atoms. The number of aromatic nitrogens is 2. The summed E-state index contributed by atoms with van der Waals surface area (Å²) in [5.74, 6) is -0.933. The van der Waals surface area contributed by atoms with Crippen LogP contribution in [0.2, 0.25) is 5.02 Å². The Morgan fingerprint density at radius 1 is 1.22 bits per heavy atom. The van der Waals surface area contributed by atoms with Gasteiger partial charge in [-0.3, -0.25) is 19.1 Å². The van der Waals surface area contributed by atoms with Crippen LogP contribution in [0.1, 0.15) is 65.6 Å². The van der Waals surface area contributed by atoms with Crippen molar-refractivity contribution >= 4 is 29.3 Å². The third-order valence-corrected chi connectivity index (χ3v) is 6.93. The molecule has 1 aromatic carbocycles. The van der Waals surface area contributed by atoms with Crippen molar-refractivity contribution in [2.24, 2.45) is 0 Å². The average molecular weight is 458 g/mol. The van der Waals surface area contributed by atoms with Gasteiger partial charge in [0.2, 0.25) is 5.91 Å². The zero-order valence-corrected chi connectivity index (χ0v) is 19.1. The number of nitrogens with one attached hydrogen (secondary N) is 2. The van der Waals surface area contributed by atoms with Crippen molar-refractivity contribution in [3.8, 4) is 0 Å². The first-order chi connectivity index (χ1) is 15.3. The highest BCUT2D eigenvalue weighted by molar-refractivity contribution is 6.31. The van der Waals surface area contributed by atoms with Crippen LogP contribution in [0.5, 0.6) is 0 Å². The molecule has 1 aliphatic carbocycles. The Balaban J connectivity index is 1.49. The molecule has 0 unspecified atom stereocenters. The first-order valence-electron chi connectivity index (χ1n) is 11.0. The minimum Gasteiger partial charge on any atom is -0.351 e. The van der Waals surface area contributed by atoms with E-state index in [9.17, 15) is 14.4 Å². The predicted octanol–water partition coefficient (Wildman–Crippen LogP) is 2.76. The summed E-state index contributed by atoms with van der Waals surface area (Å²) in [5.41, 5.74) is 0.122. The van der Waals surface area contributed by atoms with E-state index in [1.165, 1.54) is 22.1 Å². The molecule has 8 nitrogen and oxygen atoms in total. The number of likely N-dealkylation sites (N-methyl/N-ethyl adjacent to an activating group) is 1. The second kappa shape index (κ2) is 8.94. The van der Waals surface area contributed by atoms with Gasteiger partial charge in [-0.15, -0.1) is 0 Å². The number of nitrogens with zero attached hydrogens (tertiary/aromatic N) is 3. The third-order valence-electron chi connectivity index (χ3n) is 6.56. The topological polar surface area (TPSA) is 96.3 Å². The Kier molecular flexibility index (Phi) is 6.24. The molecule has 0 spiro atoms. The zero-order valence-electron chi connectivity index (χ0n) is 18.4. The van der Waals surface area contributed by atoms with Crippen molar-refractivity contribution in [3.05, 3.63) is 52.3 Å². The van der Waals surface area contributed by atoms with Gasteiger partial charge in [0.25, 0.3) is 11.8 Å². The molecular weight excluding hydrogens is 430 g/mol. The van der Waals surface area contributed by atoms with E-state index in [0.29, 0.717) is 10.7 Å². The third kappa shape index (κ3) is 4.24. The van der Waals surface area contributed by atoms with Crippen LogP contribution in [0.3, 0.4) is 0 Å². The normalized spacial score (nSPS) is 21.2. The Hall–Kier alpha value is -2.87. The molecule has 1 atom stereocenters. The fourth-order valence-corrected chi connectivity index (χ4v) is 4.54. The van der Waals surface area contributed by atoms with Crippen LogP contribution < -0.4 is 10.6 Å². The van der Waals surface area contributed by atoms with Gasteiger partial charge in [0, 0.05) is 30.7 Å². The van der Waals surface area contributed by atoms with E-state index >= 15 is 0 Å². The summed E-state index contributed by atoms with van der Waals surface area (Å²) in [7, 11) is 1.62. The van der Waals surface area contributed by atoms with Crippen molar-refractivity contribution < 1.29 is 14.4 Å². The number of hydrogen-bond donors (Lipinski definition) is 2. The first-order valence-corrected chi connectivity index (χ1v) is 11.4. The average Bonchev–Trinajstić information content (AvgIpc) is 3.21. The molecule has 2 heterocycles.